The van der Waals surface area contributed by atoms with Crippen LogP contribution in [-0.4, -0.2) is 29.2 Å². The molecule has 0 radical (unpaired) electrons. The predicted molar refractivity (Wildman–Crippen MR) is 48.8 cm³/mol. The molecular formula is C7H12O2S2. The first-order valence-corrected chi connectivity index (χ1v) is 5.94. The maximum Gasteiger partial charge on any atom is 0.269 e. The van der Waals surface area contributed by atoms with E-state index in [1.807, 2.05) is 0 Å². The second kappa shape index (κ2) is 3.56. The fourth-order valence-corrected chi connectivity index (χ4v) is 3.68. The van der Waals surface area contributed by atoms with Crippen LogP contribution in [0.1, 0.15) is 12.8 Å². The summed E-state index contributed by atoms with van der Waals surface area (Å²) >= 11 is 3.61. The minimum atomic E-state index is -0.309. The highest BCUT2D eigenvalue weighted by molar-refractivity contribution is 8.17. The summed E-state index contributed by atoms with van der Waals surface area (Å²) < 4.78 is 10.9. The lowest BCUT2D eigenvalue weighted by Crippen LogP contribution is -2.36. The molecule has 64 valence electrons. The lowest BCUT2D eigenvalue weighted by atomic mass is 10.5. The molecule has 0 atom stereocenters. The van der Waals surface area contributed by atoms with Gasteiger partial charge in [0.05, 0.1) is 13.2 Å². The van der Waals surface area contributed by atoms with Crippen molar-refractivity contribution in [3.63, 3.8) is 0 Å². The summed E-state index contributed by atoms with van der Waals surface area (Å²) in [4.78, 5) is 0. The Morgan fingerprint density at radius 1 is 0.909 bits per heavy atom. The SMILES string of the molecule is C1COC2(OCCCS2)SC1. The molecule has 0 aromatic rings. The van der Waals surface area contributed by atoms with Gasteiger partial charge in [-0.3, -0.25) is 0 Å². The number of hydrogen-bond acceptors (Lipinski definition) is 4. The summed E-state index contributed by atoms with van der Waals surface area (Å²) in [6.07, 6.45) is 2.33. The van der Waals surface area contributed by atoms with Crippen molar-refractivity contribution in [3.8, 4) is 0 Å². The summed E-state index contributed by atoms with van der Waals surface area (Å²) in [6.45, 7) is 1.72. The standard InChI is InChI=1S/C7H12O2S2/c1-3-8-7(10-5-1)9-4-2-6-11-7/h1-6H2. The second-order valence-corrected chi connectivity index (χ2v) is 5.33. The van der Waals surface area contributed by atoms with Crippen LogP contribution in [0.4, 0.5) is 0 Å². The van der Waals surface area contributed by atoms with Gasteiger partial charge in [0.25, 0.3) is 4.45 Å². The van der Waals surface area contributed by atoms with E-state index in [4.69, 9.17) is 9.47 Å². The van der Waals surface area contributed by atoms with Crippen molar-refractivity contribution >= 4 is 23.5 Å². The molecular weight excluding hydrogens is 180 g/mol. The van der Waals surface area contributed by atoms with Crippen molar-refractivity contribution in [2.24, 2.45) is 0 Å². The number of rotatable bonds is 0. The molecule has 2 aliphatic rings. The van der Waals surface area contributed by atoms with Crippen LogP contribution in [-0.2, 0) is 9.47 Å². The smallest absolute Gasteiger partial charge is 0.269 e. The molecule has 2 saturated heterocycles. The quantitative estimate of drug-likeness (QED) is 0.583. The van der Waals surface area contributed by atoms with Gasteiger partial charge in [-0.2, -0.15) is 0 Å². The third-order valence-electron chi connectivity index (χ3n) is 1.69. The van der Waals surface area contributed by atoms with Gasteiger partial charge in [0.2, 0.25) is 0 Å². The zero-order chi connectivity index (χ0) is 7.57. The van der Waals surface area contributed by atoms with Crippen LogP contribution >= 0.6 is 23.5 Å². The minimum absolute atomic E-state index is 0.309. The molecule has 2 nitrogen and oxygen atoms in total. The van der Waals surface area contributed by atoms with E-state index < -0.39 is 0 Å². The molecule has 2 aliphatic heterocycles. The van der Waals surface area contributed by atoms with Crippen molar-refractivity contribution < 1.29 is 9.47 Å². The average molecular weight is 192 g/mol. The topological polar surface area (TPSA) is 18.5 Å². The fraction of sp³-hybridized carbons (Fsp3) is 1.00. The molecule has 2 heterocycles. The van der Waals surface area contributed by atoms with Gasteiger partial charge in [0.1, 0.15) is 0 Å². The van der Waals surface area contributed by atoms with Crippen LogP contribution in [0, 0.1) is 0 Å². The van der Waals surface area contributed by atoms with E-state index >= 15 is 0 Å². The van der Waals surface area contributed by atoms with Gasteiger partial charge in [-0.05, 0) is 12.8 Å². The molecule has 0 bridgehead atoms. The van der Waals surface area contributed by atoms with Crippen LogP contribution in [0.25, 0.3) is 0 Å². The van der Waals surface area contributed by atoms with E-state index in [0.717, 1.165) is 26.1 Å². The van der Waals surface area contributed by atoms with Gasteiger partial charge in [-0.1, -0.05) is 23.5 Å². The molecule has 2 fully saturated rings. The second-order valence-electron chi connectivity index (χ2n) is 2.60. The summed E-state index contributed by atoms with van der Waals surface area (Å²) in [7, 11) is 0. The van der Waals surface area contributed by atoms with Crippen LogP contribution < -0.4 is 0 Å². The van der Waals surface area contributed by atoms with Crippen molar-refractivity contribution in [1.29, 1.82) is 0 Å². The minimum Gasteiger partial charge on any atom is -0.333 e. The van der Waals surface area contributed by atoms with Crippen LogP contribution in [0.3, 0.4) is 0 Å². The molecule has 0 aliphatic carbocycles. The molecule has 4 heteroatoms. The summed E-state index contributed by atoms with van der Waals surface area (Å²) in [5, 5.41) is 0. The molecule has 0 unspecified atom stereocenters. The third kappa shape index (κ3) is 1.86. The number of thioether (sulfide) groups is 2. The first kappa shape index (κ1) is 8.23. The van der Waals surface area contributed by atoms with E-state index in [-0.39, 0.29) is 4.45 Å². The Kier molecular flexibility index (Phi) is 2.66. The molecule has 0 amide bonds. The van der Waals surface area contributed by atoms with E-state index in [0.29, 0.717) is 0 Å². The zero-order valence-corrected chi connectivity index (χ0v) is 8.01. The molecule has 11 heavy (non-hydrogen) atoms. The Hall–Kier alpha value is 0.620. The van der Waals surface area contributed by atoms with Gasteiger partial charge in [0, 0.05) is 11.5 Å². The largest absolute Gasteiger partial charge is 0.333 e. The van der Waals surface area contributed by atoms with Crippen LogP contribution in [0.2, 0.25) is 0 Å². The first-order chi connectivity index (χ1) is 5.41. The molecule has 0 aromatic heterocycles. The Morgan fingerprint density at radius 3 is 1.82 bits per heavy atom. The first-order valence-electron chi connectivity index (χ1n) is 3.97. The number of hydrogen-bond donors (Lipinski definition) is 0. The zero-order valence-electron chi connectivity index (χ0n) is 6.38. The van der Waals surface area contributed by atoms with Crippen molar-refractivity contribution in [3.05, 3.63) is 0 Å². The number of ether oxygens (including phenoxy) is 2. The highest BCUT2D eigenvalue weighted by Gasteiger charge is 2.37. The summed E-state index contributed by atoms with van der Waals surface area (Å²) in [6, 6.07) is 0. The Labute approximate surface area is 75.4 Å². The van der Waals surface area contributed by atoms with Gasteiger partial charge >= 0.3 is 0 Å². The predicted octanol–water partition coefficient (Wildman–Crippen LogP) is 1.90. The van der Waals surface area contributed by atoms with E-state index in [1.165, 1.54) is 11.5 Å². The lowest BCUT2D eigenvalue weighted by Gasteiger charge is -2.37. The Morgan fingerprint density at radius 2 is 1.45 bits per heavy atom. The Bertz CT molecular complexity index is 109. The van der Waals surface area contributed by atoms with Gasteiger partial charge < -0.3 is 9.47 Å². The van der Waals surface area contributed by atoms with Crippen LogP contribution in [0.15, 0.2) is 0 Å². The normalized spacial score (nSPS) is 30.5. The van der Waals surface area contributed by atoms with Crippen LogP contribution in [0.5, 0.6) is 0 Å². The van der Waals surface area contributed by atoms with Gasteiger partial charge in [0.15, 0.2) is 0 Å². The molecule has 0 aromatic carbocycles. The highest BCUT2D eigenvalue weighted by atomic mass is 32.2. The van der Waals surface area contributed by atoms with E-state index in [1.54, 1.807) is 23.5 Å². The average Bonchev–Trinajstić information content (AvgIpc) is 2.07. The van der Waals surface area contributed by atoms with Crippen molar-refractivity contribution in [1.82, 2.24) is 0 Å². The third-order valence-corrected chi connectivity index (χ3v) is 4.56. The van der Waals surface area contributed by atoms with Crippen molar-refractivity contribution in [2.45, 2.75) is 17.3 Å². The summed E-state index contributed by atoms with van der Waals surface area (Å²) in [5.74, 6) is 2.35. The van der Waals surface area contributed by atoms with E-state index in [9.17, 15) is 0 Å². The maximum atomic E-state index is 5.61. The Balaban J connectivity index is 1.94. The highest BCUT2D eigenvalue weighted by Crippen LogP contribution is 2.45. The maximum absolute atomic E-state index is 5.61. The molecule has 0 saturated carbocycles. The van der Waals surface area contributed by atoms with Gasteiger partial charge in [-0.25, -0.2) is 0 Å². The molecule has 2 rings (SSSR count). The van der Waals surface area contributed by atoms with Gasteiger partial charge in [-0.15, -0.1) is 0 Å². The lowest BCUT2D eigenvalue weighted by molar-refractivity contribution is -0.116. The molecule has 0 N–H and O–H groups in total. The van der Waals surface area contributed by atoms with E-state index in [2.05, 4.69) is 0 Å². The van der Waals surface area contributed by atoms with Crippen molar-refractivity contribution in [2.75, 3.05) is 24.7 Å². The summed E-state index contributed by atoms with van der Waals surface area (Å²) in [5.41, 5.74) is 0. The monoisotopic (exact) mass is 192 g/mol. The molecule has 1 spiro atoms. The fourth-order valence-electron chi connectivity index (χ4n) is 1.16.